The molecule has 3 rings (SSSR count). The predicted molar refractivity (Wildman–Crippen MR) is 101 cm³/mol. The largest absolute Gasteiger partial charge is 0.379 e. The van der Waals surface area contributed by atoms with Crippen molar-refractivity contribution in [1.82, 2.24) is 9.21 Å². The van der Waals surface area contributed by atoms with Gasteiger partial charge in [0.05, 0.1) is 18.1 Å². The highest BCUT2D eigenvalue weighted by Gasteiger charge is 2.33. The van der Waals surface area contributed by atoms with Gasteiger partial charge in [-0.3, -0.25) is 4.90 Å². The highest BCUT2D eigenvalue weighted by Crippen LogP contribution is 2.26. The maximum atomic E-state index is 13.2. The van der Waals surface area contributed by atoms with Crippen LogP contribution in [-0.4, -0.2) is 74.6 Å². The molecule has 1 aromatic carbocycles. The van der Waals surface area contributed by atoms with Gasteiger partial charge in [-0.05, 0) is 36.4 Å². The zero-order chi connectivity index (χ0) is 17.0. The van der Waals surface area contributed by atoms with Crippen LogP contribution in [0.2, 0.25) is 0 Å². The van der Waals surface area contributed by atoms with Crippen LogP contribution in [0, 0.1) is 0 Å². The molecule has 5 nitrogen and oxygen atoms in total. The van der Waals surface area contributed by atoms with Crippen molar-refractivity contribution < 1.29 is 13.2 Å². The highest BCUT2D eigenvalue weighted by molar-refractivity contribution is 9.10. The van der Waals surface area contributed by atoms with Crippen LogP contribution < -0.4 is 0 Å². The Kier molecular flexibility index (Phi) is 6.62. The van der Waals surface area contributed by atoms with Gasteiger partial charge in [0.25, 0.3) is 0 Å². The second-order valence-electron chi connectivity index (χ2n) is 6.06. The molecule has 2 aliphatic heterocycles. The van der Waals surface area contributed by atoms with E-state index in [4.69, 9.17) is 4.74 Å². The van der Waals surface area contributed by atoms with E-state index in [1.807, 2.05) is 11.8 Å². The zero-order valence-corrected chi connectivity index (χ0v) is 16.8. The van der Waals surface area contributed by atoms with Gasteiger partial charge in [-0.25, -0.2) is 8.42 Å². The molecule has 1 atom stereocenters. The molecule has 24 heavy (non-hydrogen) atoms. The fraction of sp³-hybridized carbons (Fsp3) is 0.625. The van der Waals surface area contributed by atoms with Crippen molar-refractivity contribution in [2.24, 2.45) is 0 Å². The maximum absolute atomic E-state index is 13.2. The number of rotatable bonds is 4. The lowest BCUT2D eigenvalue weighted by Crippen LogP contribution is -2.50. The average molecular weight is 435 g/mol. The molecule has 134 valence electrons. The minimum Gasteiger partial charge on any atom is -0.379 e. The summed E-state index contributed by atoms with van der Waals surface area (Å²) in [5, 5.41) is 0. The van der Waals surface area contributed by atoms with Crippen LogP contribution >= 0.6 is 27.7 Å². The third kappa shape index (κ3) is 4.53. The van der Waals surface area contributed by atoms with Crippen molar-refractivity contribution in [2.45, 2.75) is 17.4 Å². The van der Waals surface area contributed by atoms with Gasteiger partial charge in [-0.2, -0.15) is 16.1 Å². The fourth-order valence-electron chi connectivity index (χ4n) is 3.09. The summed E-state index contributed by atoms with van der Waals surface area (Å²) in [6, 6.07) is 6.96. The Bertz CT molecular complexity index is 633. The molecular weight excluding hydrogens is 412 g/mol. The predicted octanol–water partition coefficient (Wildman–Crippen LogP) is 2.28. The second-order valence-corrected chi connectivity index (χ2v) is 10.0. The van der Waals surface area contributed by atoms with E-state index in [9.17, 15) is 8.42 Å². The normalized spacial score (nSPS) is 24.6. The first-order valence-corrected chi connectivity index (χ1v) is 11.6. The number of benzene rings is 1. The molecule has 2 aliphatic rings. The highest BCUT2D eigenvalue weighted by atomic mass is 79.9. The standard InChI is InChI=1S/C16H23BrN2O3S2/c17-14-2-4-16(5-3-14)24(20,21)19-6-1-11-23-13-15(19)12-18-7-9-22-10-8-18/h2-5,15H,1,6-13H2. The van der Waals surface area contributed by atoms with Gasteiger partial charge < -0.3 is 4.74 Å². The van der Waals surface area contributed by atoms with Crippen molar-refractivity contribution >= 4 is 37.7 Å². The van der Waals surface area contributed by atoms with Gasteiger partial charge in [0.15, 0.2) is 0 Å². The molecule has 1 aromatic rings. The van der Waals surface area contributed by atoms with E-state index >= 15 is 0 Å². The van der Waals surface area contributed by atoms with Crippen molar-refractivity contribution in [1.29, 1.82) is 0 Å². The first kappa shape index (κ1) is 18.7. The Balaban J connectivity index is 1.81. The Hall–Kier alpha value is -0.120. The van der Waals surface area contributed by atoms with Crippen LogP contribution in [0.15, 0.2) is 33.6 Å². The molecule has 0 radical (unpaired) electrons. The van der Waals surface area contributed by atoms with Crippen molar-refractivity contribution in [3.8, 4) is 0 Å². The summed E-state index contributed by atoms with van der Waals surface area (Å²) in [6.45, 7) is 4.62. The molecule has 0 aromatic heterocycles. The van der Waals surface area contributed by atoms with Gasteiger partial charge in [0, 0.05) is 42.4 Å². The van der Waals surface area contributed by atoms with Crippen LogP contribution in [-0.2, 0) is 14.8 Å². The summed E-state index contributed by atoms with van der Waals surface area (Å²) in [5.41, 5.74) is 0. The molecule has 0 amide bonds. The molecule has 2 heterocycles. The lowest BCUT2D eigenvalue weighted by atomic mass is 10.2. The molecule has 1 unspecified atom stereocenters. The average Bonchev–Trinajstić information content (AvgIpc) is 2.82. The van der Waals surface area contributed by atoms with Gasteiger partial charge in [-0.1, -0.05) is 15.9 Å². The zero-order valence-electron chi connectivity index (χ0n) is 13.6. The number of nitrogens with zero attached hydrogens (tertiary/aromatic N) is 2. The van der Waals surface area contributed by atoms with E-state index in [1.165, 1.54) is 0 Å². The maximum Gasteiger partial charge on any atom is 0.243 e. The van der Waals surface area contributed by atoms with Crippen LogP contribution in [0.5, 0.6) is 0 Å². The second kappa shape index (κ2) is 8.51. The third-order valence-corrected chi connectivity index (χ3v) is 8.07. The molecule has 2 saturated heterocycles. The minimum atomic E-state index is -3.46. The molecule has 0 bridgehead atoms. The van der Waals surface area contributed by atoms with E-state index in [1.54, 1.807) is 28.6 Å². The number of hydrogen-bond donors (Lipinski definition) is 0. The summed E-state index contributed by atoms with van der Waals surface area (Å²) in [5.74, 6) is 1.87. The molecular formula is C16H23BrN2O3S2. The topological polar surface area (TPSA) is 49.9 Å². The van der Waals surface area contributed by atoms with Crippen molar-refractivity contribution in [3.05, 3.63) is 28.7 Å². The summed E-state index contributed by atoms with van der Waals surface area (Å²) in [7, 11) is -3.46. The van der Waals surface area contributed by atoms with Crippen molar-refractivity contribution in [3.63, 3.8) is 0 Å². The first-order chi connectivity index (χ1) is 11.6. The van der Waals surface area contributed by atoms with Crippen LogP contribution in [0.4, 0.5) is 0 Å². The van der Waals surface area contributed by atoms with Crippen molar-refractivity contribution in [2.75, 3.05) is 50.9 Å². The lowest BCUT2D eigenvalue weighted by molar-refractivity contribution is 0.0309. The molecule has 2 fully saturated rings. The van der Waals surface area contributed by atoms with E-state index in [-0.39, 0.29) is 6.04 Å². The fourth-order valence-corrected chi connectivity index (χ4v) is 6.16. The van der Waals surface area contributed by atoms with E-state index in [2.05, 4.69) is 20.8 Å². The van der Waals surface area contributed by atoms with Crippen LogP contribution in [0.3, 0.4) is 0 Å². The SMILES string of the molecule is O=S(=O)(c1ccc(Br)cc1)N1CCCSCC1CN1CCOCC1. The monoisotopic (exact) mass is 434 g/mol. The molecule has 0 aliphatic carbocycles. The van der Waals surface area contributed by atoms with Gasteiger partial charge >= 0.3 is 0 Å². The van der Waals surface area contributed by atoms with E-state index in [0.717, 1.165) is 55.2 Å². The Labute approximate surface area is 156 Å². The summed E-state index contributed by atoms with van der Waals surface area (Å²) in [4.78, 5) is 2.70. The lowest BCUT2D eigenvalue weighted by Gasteiger charge is -2.35. The minimum absolute atomic E-state index is 0.0178. The Morgan fingerprint density at radius 3 is 2.58 bits per heavy atom. The Morgan fingerprint density at radius 1 is 1.17 bits per heavy atom. The van der Waals surface area contributed by atoms with Gasteiger partial charge in [-0.15, -0.1) is 0 Å². The first-order valence-electron chi connectivity index (χ1n) is 8.22. The van der Waals surface area contributed by atoms with E-state index in [0.29, 0.717) is 11.4 Å². The number of morpholine rings is 1. The number of thioether (sulfide) groups is 1. The number of sulfonamides is 1. The molecule has 0 spiro atoms. The third-order valence-electron chi connectivity index (χ3n) is 4.38. The smallest absolute Gasteiger partial charge is 0.243 e. The summed E-state index contributed by atoms with van der Waals surface area (Å²) < 4.78 is 34.3. The summed E-state index contributed by atoms with van der Waals surface area (Å²) >= 11 is 5.23. The summed E-state index contributed by atoms with van der Waals surface area (Å²) in [6.07, 6.45) is 0.903. The van der Waals surface area contributed by atoms with E-state index < -0.39 is 10.0 Å². The van der Waals surface area contributed by atoms with Crippen LogP contribution in [0.1, 0.15) is 6.42 Å². The molecule has 8 heteroatoms. The number of halogens is 1. The van der Waals surface area contributed by atoms with Crippen LogP contribution in [0.25, 0.3) is 0 Å². The molecule has 0 N–H and O–H groups in total. The quantitative estimate of drug-likeness (QED) is 0.727. The van der Waals surface area contributed by atoms with Gasteiger partial charge in [0.2, 0.25) is 10.0 Å². The molecule has 0 saturated carbocycles. The van der Waals surface area contributed by atoms with Gasteiger partial charge in [0.1, 0.15) is 0 Å². The number of ether oxygens (including phenoxy) is 1. The number of hydrogen-bond acceptors (Lipinski definition) is 5. The Morgan fingerprint density at radius 2 is 1.88 bits per heavy atom.